The van der Waals surface area contributed by atoms with Crippen LogP contribution in [-0.4, -0.2) is 48.4 Å². The molecule has 8 nitrogen and oxygen atoms in total. The maximum atomic E-state index is 13.4. The van der Waals surface area contributed by atoms with Crippen molar-refractivity contribution in [2.24, 2.45) is 11.8 Å². The number of carbonyl (C=O) groups excluding carboxylic acids is 1. The molecule has 1 unspecified atom stereocenters. The summed E-state index contributed by atoms with van der Waals surface area (Å²) in [5, 5.41) is 18.4. The number of amides is 1. The van der Waals surface area contributed by atoms with Crippen LogP contribution in [0.25, 0.3) is 11.2 Å². The molecule has 1 N–H and O–H groups in total. The van der Waals surface area contributed by atoms with Gasteiger partial charge < -0.3 is 10.0 Å². The fourth-order valence-corrected chi connectivity index (χ4v) is 6.46. The molecule has 1 aromatic carbocycles. The van der Waals surface area contributed by atoms with E-state index in [-0.39, 0.29) is 18.3 Å². The van der Waals surface area contributed by atoms with Gasteiger partial charge in [0, 0.05) is 37.7 Å². The van der Waals surface area contributed by atoms with Gasteiger partial charge in [0.15, 0.2) is 5.65 Å². The van der Waals surface area contributed by atoms with Crippen LogP contribution in [0.2, 0.25) is 0 Å². The molecule has 7 heterocycles. The minimum atomic E-state index is -0.858. The van der Waals surface area contributed by atoms with Crippen LogP contribution in [0.4, 0.5) is 0 Å². The van der Waals surface area contributed by atoms with Crippen LogP contribution in [0, 0.1) is 11.8 Å². The number of aliphatic carboxylic acids is 1. The average Bonchev–Trinajstić information content (AvgIpc) is 3.30. The summed E-state index contributed by atoms with van der Waals surface area (Å²) in [4.78, 5) is 32.0. The van der Waals surface area contributed by atoms with Gasteiger partial charge in [0.05, 0.1) is 6.42 Å². The number of aryl methyl sites for hydroxylation is 1. The van der Waals surface area contributed by atoms with Gasteiger partial charge >= 0.3 is 5.97 Å². The molecule has 9 bridgehead atoms. The number of aromatic nitrogens is 4. The van der Waals surface area contributed by atoms with Gasteiger partial charge in [-0.2, -0.15) is 0 Å². The molecule has 8 heteroatoms. The molecule has 36 heavy (non-hydrogen) atoms. The number of carboxylic acid groups (broad SMARTS) is 1. The Morgan fingerprint density at radius 3 is 2.69 bits per heavy atom. The van der Waals surface area contributed by atoms with E-state index in [1.807, 2.05) is 21.7 Å². The molecule has 1 fully saturated rings. The van der Waals surface area contributed by atoms with Crippen molar-refractivity contribution in [2.75, 3.05) is 6.54 Å². The smallest absolute Gasteiger partial charge is 0.304 e. The second kappa shape index (κ2) is 9.64. The van der Waals surface area contributed by atoms with Crippen LogP contribution in [0.1, 0.15) is 79.5 Å². The summed E-state index contributed by atoms with van der Waals surface area (Å²) < 4.78 is 1.87. The van der Waals surface area contributed by atoms with Crippen LogP contribution < -0.4 is 0 Å². The fourth-order valence-electron chi connectivity index (χ4n) is 6.46. The maximum Gasteiger partial charge on any atom is 0.304 e. The van der Waals surface area contributed by atoms with E-state index in [1.54, 1.807) is 6.20 Å². The molecule has 0 spiro atoms. The minimum Gasteiger partial charge on any atom is -0.481 e. The van der Waals surface area contributed by atoms with Gasteiger partial charge in [-0.3, -0.25) is 9.59 Å². The number of benzene rings is 1. The Labute approximate surface area is 210 Å². The molecule has 1 aliphatic carbocycles. The van der Waals surface area contributed by atoms with E-state index in [0.717, 1.165) is 80.4 Å². The van der Waals surface area contributed by atoms with Crippen LogP contribution in [-0.2, 0) is 29.1 Å². The molecule has 2 aromatic heterocycles. The van der Waals surface area contributed by atoms with E-state index >= 15 is 0 Å². The molecule has 0 saturated heterocycles. The highest BCUT2D eigenvalue weighted by molar-refractivity contribution is 5.79. The van der Waals surface area contributed by atoms with Crippen LogP contribution in [0.3, 0.4) is 0 Å². The summed E-state index contributed by atoms with van der Waals surface area (Å²) in [6, 6.07) is 8.20. The molecular formula is C28H33N5O3. The Balaban J connectivity index is 1.39. The summed E-state index contributed by atoms with van der Waals surface area (Å²) >= 11 is 0. The van der Waals surface area contributed by atoms with E-state index < -0.39 is 5.97 Å². The highest BCUT2D eigenvalue weighted by Crippen LogP contribution is 2.35. The fraction of sp³-hybridized carbons (Fsp3) is 0.536. The third-order valence-corrected chi connectivity index (χ3v) is 8.54. The summed E-state index contributed by atoms with van der Waals surface area (Å²) in [5.74, 6) is -0.0484. The summed E-state index contributed by atoms with van der Waals surface area (Å²) in [5.41, 5.74) is 5.60. The van der Waals surface area contributed by atoms with Crippen LogP contribution in [0.15, 0.2) is 30.5 Å². The Bertz CT molecular complexity index is 1290. The molecule has 1 amide bonds. The Morgan fingerprint density at radius 2 is 1.86 bits per heavy atom. The number of carboxylic acids is 1. The second-order valence-corrected chi connectivity index (χ2v) is 10.8. The molecule has 3 aromatic rings. The monoisotopic (exact) mass is 487 g/mol. The van der Waals surface area contributed by atoms with Crippen molar-refractivity contribution in [1.29, 1.82) is 0 Å². The third kappa shape index (κ3) is 4.49. The Morgan fingerprint density at radius 1 is 1.00 bits per heavy atom. The van der Waals surface area contributed by atoms with E-state index in [9.17, 15) is 14.7 Å². The number of rotatable bonds is 2. The highest BCUT2D eigenvalue weighted by Gasteiger charge is 2.31. The van der Waals surface area contributed by atoms with Gasteiger partial charge in [0.2, 0.25) is 5.91 Å². The quantitative estimate of drug-likeness (QED) is 0.578. The maximum absolute atomic E-state index is 13.4. The first kappa shape index (κ1) is 23.1. The van der Waals surface area contributed by atoms with Gasteiger partial charge in [-0.25, -0.2) is 9.67 Å². The van der Waals surface area contributed by atoms with Gasteiger partial charge in [-0.05, 0) is 72.8 Å². The first-order valence-electron chi connectivity index (χ1n) is 13.4. The largest absolute Gasteiger partial charge is 0.481 e. The SMILES string of the molecule is O=C(O)CC1c2ccc3c(c2)CN(CC3)C(=O)C2CCC(CCCCn3nnc4cc1cnc43)CC2. The molecule has 0 radical (unpaired) electrons. The first-order valence-corrected chi connectivity index (χ1v) is 13.4. The average molecular weight is 488 g/mol. The number of nitrogens with zero attached hydrogens (tertiary/aromatic N) is 5. The predicted octanol–water partition coefficient (Wildman–Crippen LogP) is 4.31. The molecule has 5 aliphatic heterocycles. The molecule has 188 valence electrons. The van der Waals surface area contributed by atoms with Gasteiger partial charge in [0.1, 0.15) is 5.52 Å². The number of hydrogen-bond acceptors (Lipinski definition) is 5. The van der Waals surface area contributed by atoms with Gasteiger partial charge in [0.25, 0.3) is 0 Å². The lowest BCUT2D eigenvalue weighted by atomic mass is 9.79. The topological polar surface area (TPSA) is 101 Å². The van der Waals surface area contributed by atoms with Crippen molar-refractivity contribution in [3.05, 3.63) is 52.7 Å². The van der Waals surface area contributed by atoms with E-state index in [0.29, 0.717) is 23.9 Å². The summed E-state index contributed by atoms with van der Waals surface area (Å²) in [7, 11) is 0. The zero-order valence-electron chi connectivity index (χ0n) is 20.6. The number of hydrogen-bond donors (Lipinski definition) is 1. The van der Waals surface area contributed by atoms with Crippen LogP contribution >= 0.6 is 0 Å². The standard InChI is InChI=1S/C28H33N5O3/c34-26(35)15-24-21-9-8-19-10-12-32(17-23(19)13-21)28(36)20-6-4-18(5-7-20)3-1-2-11-33-27-25(30-31-33)14-22(24)16-29-27/h8-9,13-14,16,18,20,24H,1-7,10-12,15,17H2,(H,34,35). The highest BCUT2D eigenvalue weighted by atomic mass is 16.4. The lowest BCUT2D eigenvalue weighted by molar-refractivity contribution is -0.138. The van der Waals surface area contributed by atoms with Crippen LogP contribution in [0.5, 0.6) is 0 Å². The van der Waals surface area contributed by atoms with Crippen molar-refractivity contribution in [1.82, 2.24) is 24.9 Å². The number of carbonyl (C=O) groups is 2. The molecular weight excluding hydrogens is 454 g/mol. The lowest BCUT2D eigenvalue weighted by Gasteiger charge is -2.35. The summed E-state index contributed by atoms with van der Waals surface area (Å²) in [6.07, 6.45) is 10.2. The van der Waals surface area contributed by atoms with Gasteiger partial charge in [-0.15, -0.1) is 5.10 Å². The normalized spacial score (nSPS) is 24.6. The predicted molar refractivity (Wildman–Crippen MR) is 134 cm³/mol. The molecule has 6 aliphatic rings. The van der Waals surface area contributed by atoms with Crippen molar-refractivity contribution < 1.29 is 14.7 Å². The minimum absolute atomic E-state index is 0.0357. The van der Waals surface area contributed by atoms with E-state index in [2.05, 4.69) is 27.4 Å². The zero-order chi connectivity index (χ0) is 24.6. The Kier molecular flexibility index (Phi) is 6.19. The van der Waals surface area contributed by atoms with Crippen molar-refractivity contribution in [3.8, 4) is 0 Å². The Hall–Kier alpha value is -3.29. The third-order valence-electron chi connectivity index (χ3n) is 8.54. The van der Waals surface area contributed by atoms with Gasteiger partial charge in [-0.1, -0.05) is 36.3 Å². The van der Waals surface area contributed by atoms with E-state index in [4.69, 9.17) is 0 Å². The molecule has 9 rings (SSSR count). The second-order valence-electron chi connectivity index (χ2n) is 10.8. The van der Waals surface area contributed by atoms with Crippen molar-refractivity contribution in [2.45, 2.75) is 76.8 Å². The lowest BCUT2D eigenvalue weighted by Crippen LogP contribution is -2.41. The number of pyridine rings is 1. The molecule has 1 atom stereocenters. The van der Waals surface area contributed by atoms with Crippen molar-refractivity contribution in [3.63, 3.8) is 0 Å². The molecule has 1 saturated carbocycles. The van der Waals surface area contributed by atoms with E-state index in [1.165, 1.54) is 12.0 Å². The zero-order valence-corrected chi connectivity index (χ0v) is 20.6. The van der Waals surface area contributed by atoms with Crippen molar-refractivity contribution >= 4 is 23.0 Å². The first-order chi connectivity index (χ1) is 17.5. The summed E-state index contributed by atoms with van der Waals surface area (Å²) in [6.45, 7) is 2.14.